The van der Waals surface area contributed by atoms with E-state index >= 15 is 0 Å². The van der Waals surface area contributed by atoms with Crippen molar-refractivity contribution in [3.63, 3.8) is 0 Å². The van der Waals surface area contributed by atoms with Crippen molar-refractivity contribution in [1.29, 1.82) is 0 Å². The summed E-state index contributed by atoms with van der Waals surface area (Å²) in [4.78, 5) is 23.1. The summed E-state index contributed by atoms with van der Waals surface area (Å²) in [5.41, 5.74) is 0.980. The number of likely N-dealkylation sites (N-methyl/N-ethyl adjacent to an activating group) is 1. The molecule has 6 heteroatoms. The first-order chi connectivity index (χ1) is 8.54. The van der Waals surface area contributed by atoms with E-state index < -0.39 is 4.92 Å². The van der Waals surface area contributed by atoms with Crippen molar-refractivity contribution < 1.29 is 9.72 Å². The molecule has 0 saturated heterocycles. The number of nitrogens with one attached hydrogen (secondary N) is 1. The second kappa shape index (κ2) is 6.70. The van der Waals surface area contributed by atoms with Crippen LogP contribution in [0, 0.1) is 10.1 Å². The molecule has 0 aromatic heterocycles. The number of rotatable bonds is 6. The van der Waals surface area contributed by atoms with Crippen molar-refractivity contribution in [2.75, 3.05) is 20.1 Å². The highest BCUT2D eigenvalue weighted by Crippen LogP contribution is 2.11. The molecule has 0 fully saturated rings. The van der Waals surface area contributed by atoms with Gasteiger partial charge in [-0.1, -0.05) is 12.1 Å². The molecule has 18 heavy (non-hydrogen) atoms. The van der Waals surface area contributed by atoms with Gasteiger partial charge in [0.15, 0.2) is 0 Å². The van der Waals surface area contributed by atoms with Gasteiger partial charge in [0.25, 0.3) is 5.69 Å². The standard InChI is InChI=1S/C12H17N3O3/c1-3-14(2)12(16)9-13-8-10-4-6-11(7-5-10)15(17)18/h4-7,13H,3,8-9H2,1-2H3. The maximum absolute atomic E-state index is 11.5. The average molecular weight is 251 g/mol. The molecule has 1 aromatic carbocycles. The van der Waals surface area contributed by atoms with Crippen molar-refractivity contribution in [2.45, 2.75) is 13.5 Å². The second-order valence-corrected chi connectivity index (χ2v) is 3.94. The average Bonchev–Trinajstić information content (AvgIpc) is 2.38. The van der Waals surface area contributed by atoms with E-state index in [1.165, 1.54) is 12.1 Å². The lowest BCUT2D eigenvalue weighted by Gasteiger charge is -2.14. The molecule has 0 unspecified atom stereocenters. The van der Waals surface area contributed by atoms with Crippen LogP contribution in [-0.4, -0.2) is 35.9 Å². The fraction of sp³-hybridized carbons (Fsp3) is 0.417. The zero-order valence-corrected chi connectivity index (χ0v) is 10.5. The Balaban J connectivity index is 2.40. The predicted octanol–water partition coefficient (Wildman–Crippen LogP) is 1.16. The number of nitro benzene ring substituents is 1. The minimum absolute atomic E-state index is 0.0272. The molecule has 0 aliphatic carbocycles. The SMILES string of the molecule is CCN(C)C(=O)CNCc1ccc([N+](=O)[O-])cc1. The predicted molar refractivity (Wildman–Crippen MR) is 68.1 cm³/mol. The number of carbonyl (C=O) groups is 1. The lowest BCUT2D eigenvalue weighted by Crippen LogP contribution is -2.35. The minimum atomic E-state index is -0.434. The molecule has 0 heterocycles. The van der Waals surface area contributed by atoms with E-state index in [4.69, 9.17) is 0 Å². The number of nitro groups is 1. The number of nitrogens with zero attached hydrogens (tertiary/aromatic N) is 2. The van der Waals surface area contributed by atoms with E-state index in [0.29, 0.717) is 13.1 Å². The van der Waals surface area contributed by atoms with Gasteiger partial charge in [-0.05, 0) is 12.5 Å². The van der Waals surface area contributed by atoms with Crippen LogP contribution in [0.5, 0.6) is 0 Å². The van der Waals surface area contributed by atoms with E-state index in [2.05, 4.69) is 5.32 Å². The molecule has 0 saturated carbocycles. The number of carbonyl (C=O) groups excluding carboxylic acids is 1. The third-order valence-corrected chi connectivity index (χ3v) is 2.65. The zero-order valence-electron chi connectivity index (χ0n) is 10.5. The molecule has 1 N–H and O–H groups in total. The summed E-state index contributed by atoms with van der Waals surface area (Å²) in [6.07, 6.45) is 0. The number of hydrogen-bond acceptors (Lipinski definition) is 4. The molecule has 0 bridgehead atoms. The van der Waals surface area contributed by atoms with Crippen LogP contribution in [-0.2, 0) is 11.3 Å². The normalized spacial score (nSPS) is 10.1. The van der Waals surface area contributed by atoms with Crippen molar-refractivity contribution >= 4 is 11.6 Å². The Bertz CT molecular complexity index is 417. The van der Waals surface area contributed by atoms with Crippen LogP contribution in [0.1, 0.15) is 12.5 Å². The van der Waals surface area contributed by atoms with Crippen LogP contribution in [0.15, 0.2) is 24.3 Å². The van der Waals surface area contributed by atoms with Gasteiger partial charge in [0.1, 0.15) is 0 Å². The molecule has 98 valence electrons. The van der Waals surface area contributed by atoms with Gasteiger partial charge in [0.2, 0.25) is 5.91 Å². The van der Waals surface area contributed by atoms with Gasteiger partial charge in [0, 0.05) is 32.3 Å². The summed E-state index contributed by atoms with van der Waals surface area (Å²) in [6.45, 7) is 3.37. The Morgan fingerprint density at radius 2 is 2.00 bits per heavy atom. The quantitative estimate of drug-likeness (QED) is 0.608. The van der Waals surface area contributed by atoms with Crippen LogP contribution in [0.25, 0.3) is 0 Å². The van der Waals surface area contributed by atoms with Crippen molar-refractivity contribution in [3.8, 4) is 0 Å². The zero-order chi connectivity index (χ0) is 13.5. The molecule has 1 amide bonds. The van der Waals surface area contributed by atoms with E-state index in [-0.39, 0.29) is 18.1 Å². The first kappa shape index (κ1) is 14.1. The molecule has 0 aliphatic heterocycles. The fourth-order valence-electron chi connectivity index (χ4n) is 1.36. The second-order valence-electron chi connectivity index (χ2n) is 3.94. The van der Waals surface area contributed by atoms with Gasteiger partial charge in [-0.25, -0.2) is 0 Å². The minimum Gasteiger partial charge on any atom is -0.345 e. The Hall–Kier alpha value is -1.95. The van der Waals surface area contributed by atoms with Gasteiger partial charge in [-0.15, -0.1) is 0 Å². The van der Waals surface area contributed by atoms with Crippen molar-refractivity contribution in [1.82, 2.24) is 10.2 Å². The van der Waals surface area contributed by atoms with Crippen LogP contribution < -0.4 is 5.32 Å². The van der Waals surface area contributed by atoms with E-state index in [1.54, 1.807) is 24.1 Å². The van der Waals surface area contributed by atoms with E-state index in [0.717, 1.165) is 5.56 Å². The first-order valence-electron chi connectivity index (χ1n) is 5.72. The molecule has 0 spiro atoms. The Morgan fingerprint density at radius 3 is 2.50 bits per heavy atom. The summed E-state index contributed by atoms with van der Waals surface area (Å²) >= 11 is 0. The van der Waals surface area contributed by atoms with Gasteiger partial charge in [0.05, 0.1) is 11.5 Å². The van der Waals surface area contributed by atoms with E-state index in [1.807, 2.05) is 6.92 Å². The summed E-state index contributed by atoms with van der Waals surface area (Å²) in [5, 5.41) is 13.5. The lowest BCUT2D eigenvalue weighted by atomic mass is 10.2. The fourth-order valence-corrected chi connectivity index (χ4v) is 1.36. The third-order valence-electron chi connectivity index (χ3n) is 2.65. The van der Waals surface area contributed by atoms with E-state index in [9.17, 15) is 14.9 Å². The molecule has 1 rings (SSSR count). The van der Waals surface area contributed by atoms with Gasteiger partial charge < -0.3 is 10.2 Å². The highest BCUT2D eigenvalue weighted by molar-refractivity contribution is 5.77. The molecule has 0 radical (unpaired) electrons. The number of amides is 1. The highest BCUT2D eigenvalue weighted by atomic mass is 16.6. The maximum atomic E-state index is 11.5. The lowest BCUT2D eigenvalue weighted by molar-refractivity contribution is -0.384. The van der Waals surface area contributed by atoms with Crippen LogP contribution in [0.3, 0.4) is 0 Å². The summed E-state index contributed by atoms with van der Waals surface area (Å²) < 4.78 is 0. The van der Waals surface area contributed by atoms with Gasteiger partial charge >= 0.3 is 0 Å². The Labute approximate surface area is 106 Å². The molecule has 6 nitrogen and oxygen atoms in total. The van der Waals surface area contributed by atoms with Crippen LogP contribution >= 0.6 is 0 Å². The summed E-state index contributed by atoms with van der Waals surface area (Å²) in [7, 11) is 1.75. The van der Waals surface area contributed by atoms with Crippen molar-refractivity contribution in [2.24, 2.45) is 0 Å². The van der Waals surface area contributed by atoms with Gasteiger partial charge in [-0.3, -0.25) is 14.9 Å². The smallest absolute Gasteiger partial charge is 0.269 e. The topological polar surface area (TPSA) is 75.5 Å². The number of hydrogen-bond donors (Lipinski definition) is 1. The maximum Gasteiger partial charge on any atom is 0.269 e. The molecule has 0 aliphatic rings. The van der Waals surface area contributed by atoms with Crippen molar-refractivity contribution in [3.05, 3.63) is 39.9 Å². The largest absolute Gasteiger partial charge is 0.345 e. The summed E-state index contributed by atoms with van der Waals surface area (Å²) in [5.74, 6) is 0.0272. The Morgan fingerprint density at radius 1 is 1.39 bits per heavy atom. The summed E-state index contributed by atoms with van der Waals surface area (Å²) in [6, 6.07) is 6.27. The Kier molecular flexibility index (Phi) is 5.26. The molecular weight excluding hydrogens is 234 g/mol. The number of non-ortho nitro benzene ring substituents is 1. The molecular formula is C12H17N3O3. The monoisotopic (exact) mass is 251 g/mol. The van der Waals surface area contributed by atoms with Crippen LogP contribution in [0.4, 0.5) is 5.69 Å². The first-order valence-corrected chi connectivity index (χ1v) is 5.72. The van der Waals surface area contributed by atoms with Crippen LogP contribution in [0.2, 0.25) is 0 Å². The highest BCUT2D eigenvalue weighted by Gasteiger charge is 2.06. The number of benzene rings is 1. The third kappa shape index (κ3) is 4.14. The molecule has 0 atom stereocenters. The molecule has 1 aromatic rings. The van der Waals surface area contributed by atoms with Gasteiger partial charge in [-0.2, -0.15) is 0 Å².